The maximum Gasteiger partial charge on any atom is 0.236 e. The van der Waals surface area contributed by atoms with Crippen LogP contribution in [0.5, 0.6) is 0 Å². The SMILES string of the molecule is CC1CC(C(=O)N2CCC(C)(C(N)=O)C2)(C(N)=NO)C1. The second-order valence-electron chi connectivity index (χ2n) is 6.48. The molecule has 1 atom stereocenters. The molecular weight excluding hydrogens is 260 g/mol. The minimum Gasteiger partial charge on any atom is -0.409 e. The molecule has 7 nitrogen and oxygen atoms in total. The van der Waals surface area contributed by atoms with E-state index in [-0.39, 0.29) is 11.7 Å². The topological polar surface area (TPSA) is 122 Å². The molecule has 1 saturated carbocycles. The summed E-state index contributed by atoms with van der Waals surface area (Å²) in [5.41, 5.74) is 9.54. The number of nitrogens with two attached hydrogens (primary N) is 2. The van der Waals surface area contributed by atoms with Gasteiger partial charge in [-0.25, -0.2) is 0 Å². The van der Waals surface area contributed by atoms with Gasteiger partial charge in [-0.2, -0.15) is 0 Å². The number of likely N-dealkylation sites (tertiary alicyclic amines) is 1. The maximum atomic E-state index is 12.7. The molecule has 0 bridgehead atoms. The number of carbonyl (C=O) groups excluding carboxylic acids is 2. The van der Waals surface area contributed by atoms with Crippen LogP contribution in [-0.4, -0.2) is 40.8 Å². The van der Waals surface area contributed by atoms with Gasteiger partial charge in [-0.1, -0.05) is 12.1 Å². The van der Waals surface area contributed by atoms with Crippen LogP contribution in [0.15, 0.2) is 5.16 Å². The van der Waals surface area contributed by atoms with E-state index in [0.717, 1.165) is 0 Å². The molecule has 1 unspecified atom stereocenters. The number of nitrogens with zero attached hydrogens (tertiary/aromatic N) is 2. The Labute approximate surface area is 118 Å². The first-order valence-electron chi connectivity index (χ1n) is 6.82. The summed E-state index contributed by atoms with van der Waals surface area (Å²) < 4.78 is 0. The lowest BCUT2D eigenvalue weighted by molar-refractivity contribution is -0.144. The Morgan fingerprint density at radius 1 is 1.35 bits per heavy atom. The summed E-state index contributed by atoms with van der Waals surface area (Å²) in [6.45, 7) is 4.57. The third-order valence-corrected chi connectivity index (χ3v) is 4.76. The van der Waals surface area contributed by atoms with Gasteiger partial charge >= 0.3 is 0 Å². The molecule has 0 aromatic heterocycles. The van der Waals surface area contributed by atoms with Gasteiger partial charge in [0.15, 0.2) is 5.84 Å². The van der Waals surface area contributed by atoms with Crippen LogP contribution in [-0.2, 0) is 9.59 Å². The number of oxime groups is 1. The van der Waals surface area contributed by atoms with Crippen molar-refractivity contribution in [3.8, 4) is 0 Å². The first-order valence-corrected chi connectivity index (χ1v) is 6.82. The molecule has 112 valence electrons. The molecule has 2 fully saturated rings. The van der Waals surface area contributed by atoms with Crippen LogP contribution in [0.1, 0.15) is 33.1 Å². The number of hydrogen-bond donors (Lipinski definition) is 3. The fourth-order valence-electron chi connectivity index (χ4n) is 3.36. The number of amidine groups is 1. The fourth-order valence-corrected chi connectivity index (χ4v) is 3.36. The summed E-state index contributed by atoms with van der Waals surface area (Å²) in [5.74, 6) is -0.221. The predicted molar refractivity (Wildman–Crippen MR) is 72.7 cm³/mol. The first-order chi connectivity index (χ1) is 9.25. The zero-order valence-electron chi connectivity index (χ0n) is 11.9. The van der Waals surface area contributed by atoms with E-state index in [0.29, 0.717) is 38.3 Å². The first kappa shape index (κ1) is 14.6. The van der Waals surface area contributed by atoms with E-state index in [9.17, 15) is 9.59 Å². The van der Waals surface area contributed by atoms with E-state index in [1.807, 2.05) is 6.92 Å². The number of carbonyl (C=O) groups is 2. The van der Waals surface area contributed by atoms with E-state index in [4.69, 9.17) is 16.7 Å². The van der Waals surface area contributed by atoms with Gasteiger partial charge in [0, 0.05) is 13.1 Å². The van der Waals surface area contributed by atoms with E-state index < -0.39 is 16.7 Å². The standard InChI is InChI=1S/C13H22N4O3/c1-8-5-13(6-8,9(14)16-20)11(19)17-4-3-12(2,7-17)10(15)18/h8,20H,3-7H2,1-2H3,(H2,14,16)(H2,15,18). The Kier molecular flexibility index (Phi) is 3.39. The Morgan fingerprint density at radius 3 is 2.35 bits per heavy atom. The summed E-state index contributed by atoms with van der Waals surface area (Å²) >= 11 is 0. The van der Waals surface area contributed by atoms with Crippen LogP contribution >= 0.6 is 0 Å². The summed E-state index contributed by atoms with van der Waals surface area (Å²) in [7, 11) is 0. The molecule has 5 N–H and O–H groups in total. The Morgan fingerprint density at radius 2 is 1.95 bits per heavy atom. The van der Waals surface area contributed by atoms with Gasteiger partial charge in [0.1, 0.15) is 5.41 Å². The summed E-state index contributed by atoms with van der Waals surface area (Å²) in [5, 5.41) is 12.0. The largest absolute Gasteiger partial charge is 0.409 e. The van der Waals surface area contributed by atoms with Crippen molar-refractivity contribution in [3.63, 3.8) is 0 Å². The molecule has 7 heteroatoms. The minimum absolute atomic E-state index is 0.0340. The van der Waals surface area contributed by atoms with E-state index in [1.54, 1.807) is 11.8 Å². The number of rotatable bonds is 3. The second-order valence-corrected chi connectivity index (χ2v) is 6.48. The lowest BCUT2D eigenvalue weighted by atomic mass is 9.61. The highest BCUT2D eigenvalue weighted by atomic mass is 16.4. The van der Waals surface area contributed by atoms with Gasteiger partial charge in [0.2, 0.25) is 11.8 Å². The predicted octanol–water partition coefficient (Wildman–Crippen LogP) is -0.127. The zero-order valence-corrected chi connectivity index (χ0v) is 11.9. The molecule has 1 saturated heterocycles. The van der Waals surface area contributed by atoms with Gasteiger partial charge in [-0.3, -0.25) is 9.59 Å². The lowest BCUT2D eigenvalue weighted by Crippen LogP contribution is -2.57. The second kappa shape index (κ2) is 4.64. The molecule has 0 aromatic carbocycles. The smallest absolute Gasteiger partial charge is 0.236 e. The minimum atomic E-state index is -0.906. The monoisotopic (exact) mass is 282 g/mol. The molecular formula is C13H22N4O3. The average Bonchev–Trinajstić information content (AvgIpc) is 2.77. The van der Waals surface area contributed by atoms with Crippen molar-refractivity contribution in [2.75, 3.05) is 13.1 Å². The Bertz CT molecular complexity index is 470. The maximum absolute atomic E-state index is 12.7. The normalized spacial score (nSPS) is 37.6. The fraction of sp³-hybridized carbons (Fsp3) is 0.769. The number of primary amides is 1. The van der Waals surface area contributed by atoms with Crippen molar-refractivity contribution in [1.29, 1.82) is 0 Å². The highest BCUT2D eigenvalue weighted by Gasteiger charge is 2.55. The molecule has 1 aliphatic carbocycles. The number of amides is 2. The van der Waals surface area contributed by atoms with Gasteiger partial charge in [-0.15, -0.1) is 0 Å². The molecule has 2 amide bonds. The molecule has 0 spiro atoms. The summed E-state index contributed by atoms with van der Waals surface area (Å²) in [4.78, 5) is 25.8. The van der Waals surface area contributed by atoms with Crippen LogP contribution in [0.3, 0.4) is 0 Å². The highest BCUT2D eigenvalue weighted by molar-refractivity contribution is 6.08. The van der Waals surface area contributed by atoms with Crippen molar-refractivity contribution in [3.05, 3.63) is 0 Å². The average molecular weight is 282 g/mol. The summed E-state index contributed by atoms with van der Waals surface area (Å²) in [6.07, 6.45) is 1.70. The van der Waals surface area contributed by atoms with Gasteiger partial charge in [0.05, 0.1) is 5.41 Å². The molecule has 0 aromatic rings. The van der Waals surface area contributed by atoms with Gasteiger partial charge in [-0.05, 0) is 32.1 Å². The van der Waals surface area contributed by atoms with Gasteiger partial charge in [0.25, 0.3) is 0 Å². The Hall–Kier alpha value is -1.79. The van der Waals surface area contributed by atoms with Crippen molar-refractivity contribution in [2.45, 2.75) is 33.1 Å². The Balaban J connectivity index is 2.18. The van der Waals surface area contributed by atoms with Crippen molar-refractivity contribution in [2.24, 2.45) is 33.4 Å². The van der Waals surface area contributed by atoms with Crippen LogP contribution in [0, 0.1) is 16.7 Å². The molecule has 0 radical (unpaired) electrons. The van der Waals surface area contributed by atoms with Crippen LogP contribution in [0.2, 0.25) is 0 Å². The van der Waals surface area contributed by atoms with E-state index in [1.165, 1.54) is 0 Å². The molecule has 20 heavy (non-hydrogen) atoms. The summed E-state index contributed by atoms with van der Waals surface area (Å²) in [6, 6.07) is 0. The molecule has 2 rings (SSSR count). The van der Waals surface area contributed by atoms with Crippen molar-refractivity contribution >= 4 is 17.6 Å². The molecule has 1 aliphatic heterocycles. The molecule has 2 aliphatic rings. The van der Waals surface area contributed by atoms with E-state index in [2.05, 4.69) is 5.16 Å². The van der Waals surface area contributed by atoms with Crippen LogP contribution < -0.4 is 11.5 Å². The molecule has 1 heterocycles. The highest BCUT2D eigenvalue weighted by Crippen LogP contribution is 2.48. The van der Waals surface area contributed by atoms with Crippen LogP contribution in [0.4, 0.5) is 0 Å². The van der Waals surface area contributed by atoms with Crippen molar-refractivity contribution < 1.29 is 14.8 Å². The van der Waals surface area contributed by atoms with E-state index >= 15 is 0 Å². The zero-order chi connectivity index (χ0) is 15.1. The third-order valence-electron chi connectivity index (χ3n) is 4.76. The van der Waals surface area contributed by atoms with Crippen molar-refractivity contribution in [1.82, 2.24) is 4.90 Å². The van der Waals surface area contributed by atoms with Gasteiger partial charge < -0.3 is 21.6 Å². The number of hydrogen-bond acceptors (Lipinski definition) is 4. The van der Waals surface area contributed by atoms with Crippen LogP contribution in [0.25, 0.3) is 0 Å². The third kappa shape index (κ3) is 2.01. The quantitative estimate of drug-likeness (QED) is 0.289. The lowest BCUT2D eigenvalue weighted by Gasteiger charge is -2.45.